The third-order valence-corrected chi connectivity index (χ3v) is 3.00. The average Bonchev–Trinajstić information content (AvgIpc) is 2.96. The molecular weight excluding hydrogens is 256 g/mol. The Kier molecular flexibility index (Phi) is 3.13. The molecule has 0 aliphatic heterocycles. The first kappa shape index (κ1) is 12.3. The fraction of sp³-hybridized carbons (Fsp3) is 0.167. The molecule has 0 saturated carbocycles. The maximum absolute atomic E-state index is 5.38. The summed E-state index contributed by atoms with van der Waals surface area (Å²) >= 11 is 0. The number of nitrogens with zero attached hydrogens (tertiary/aromatic N) is 4. The van der Waals surface area contributed by atoms with Gasteiger partial charge in [0, 0.05) is 12.4 Å². The van der Waals surface area contributed by atoms with Crippen molar-refractivity contribution in [2.75, 3.05) is 10.7 Å². The molecular formula is C12H14N8. The van der Waals surface area contributed by atoms with Crippen LogP contribution in [0.5, 0.6) is 0 Å². The van der Waals surface area contributed by atoms with E-state index < -0.39 is 0 Å². The number of hydrazine groups is 1. The Morgan fingerprint density at radius 1 is 1.25 bits per heavy atom. The number of anilines is 2. The second-order valence-corrected chi connectivity index (χ2v) is 4.32. The molecule has 0 aliphatic rings. The van der Waals surface area contributed by atoms with Gasteiger partial charge in [0.1, 0.15) is 5.82 Å². The van der Waals surface area contributed by atoms with Gasteiger partial charge in [-0.3, -0.25) is 15.5 Å². The summed E-state index contributed by atoms with van der Waals surface area (Å²) in [5.74, 6) is 6.37. The summed E-state index contributed by atoms with van der Waals surface area (Å²) in [5, 5.41) is 10.9. The lowest BCUT2D eigenvalue weighted by Crippen LogP contribution is -2.13. The van der Waals surface area contributed by atoms with Crippen LogP contribution in [0.25, 0.3) is 11.0 Å². The standard InChI is InChI=1S/C12H14N8/c1-7(8-2-4-14-5-3-8)16-10-9-6-15-20-11(9)18-12(17-10)19-13/h2-7H,13H2,1H3,(H3,15,16,17,18,19,20). The van der Waals surface area contributed by atoms with Crippen molar-refractivity contribution in [2.45, 2.75) is 13.0 Å². The van der Waals surface area contributed by atoms with Crippen LogP contribution < -0.4 is 16.6 Å². The van der Waals surface area contributed by atoms with E-state index >= 15 is 0 Å². The molecule has 0 fully saturated rings. The van der Waals surface area contributed by atoms with Gasteiger partial charge in [0.15, 0.2) is 5.65 Å². The molecule has 102 valence electrons. The number of hydrogen-bond acceptors (Lipinski definition) is 7. The van der Waals surface area contributed by atoms with Crippen LogP contribution in [-0.2, 0) is 0 Å². The molecule has 0 spiro atoms. The lowest BCUT2D eigenvalue weighted by molar-refractivity contribution is 0.872. The average molecular weight is 270 g/mol. The Morgan fingerprint density at radius 3 is 2.80 bits per heavy atom. The highest BCUT2D eigenvalue weighted by Gasteiger charge is 2.12. The van der Waals surface area contributed by atoms with Gasteiger partial charge in [-0.05, 0) is 24.6 Å². The van der Waals surface area contributed by atoms with E-state index in [1.807, 2.05) is 19.1 Å². The highest BCUT2D eigenvalue weighted by Crippen LogP contribution is 2.24. The van der Waals surface area contributed by atoms with Crippen molar-refractivity contribution in [3.8, 4) is 0 Å². The fourth-order valence-electron chi connectivity index (χ4n) is 1.95. The van der Waals surface area contributed by atoms with Crippen LogP contribution in [0.3, 0.4) is 0 Å². The topological polar surface area (TPSA) is 117 Å². The molecule has 5 N–H and O–H groups in total. The van der Waals surface area contributed by atoms with Gasteiger partial charge in [-0.2, -0.15) is 15.1 Å². The maximum atomic E-state index is 5.38. The molecule has 1 atom stereocenters. The number of nitrogens with two attached hydrogens (primary N) is 1. The van der Waals surface area contributed by atoms with Gasteiger partial charge in [-0.15, -0.1) is 0 Å². The van der Waals surface area contributed by atoms with Crippen LogP contribution in [0, 0.1) is 0 Å². The molecule has 0 aliphatic carbocycles. The zero-order valence-electron chi connectivity index (χ0n) is 10.8. The first-order valence-electron chi connectivity index (χ1n) is 6.12. The van der Waals surface area contributed by atoms with Gasteiger partial charge in [0.25, 0.3) is 0 Å². The minimum absolute atomic E-state index is 0.0663. The molecule has 0 bridgehead atoms. The predicted molar refractivity (Wildman–Crippen MR) is 75.8 cm³/mol. The summed E-state index contributed by atoms with van der Waals surface area (Å²) in [4.78, 5) is 12.5. The molecule has 0 aromatic carbocycles. The lowest BCUT2D eigenvalue weighted by Gasteiger charge is -2.15. The zero-order valence-corrected chi connectivity index (χ0v) is 10.8. The third kappa shape index (κ3) is 2.24. The van der Waals surface area contributed by atoms with Crippen molar-refractivity contribution in [1.82, 2.24) is 25.1 Å². The van der Waals surface area contributed by atoms with E-state index in [1.54, 1.807) is 18.6 Å². The molecule has 20 heavy (non-hydrogen) atoms. The molecule has 1 unspecified atom stereocenters. The Morgan fingerprint density at radius 2 is 2.05 bits per heavy atom. The second-order valence-electron chi connectivity index (χ2n) is 4.32. The van der Waals surface area contributed by atoms with Crippen LogP contribution in [0.4, 0.5) is 11.8 Å². The normalized spacial score (nSPS) is 12.3. The smallest absolute Gasteiger partial charge is 0.241 e. The second kappa shape index (κ2) is 5.10. The minimum Gasteiger partial charge on any atom is -0.363 e. The minimum atomic E-state index is 0.0663. The largest absolute Gasteiger partial charge is 0.363 e. The molecule has 3 heterocycles. The maximum Gasteiger partial charge on any atom is 0.241 e. The van der Waals surface area contributed by atoms with Gasteiger partial charge in [-0.1, -0.05) is 0 Å². The number of aromatic amines is 1. The van der Waals surface area contributed by atoms with E-state index in [-0.39, 0.29) is 6.04 Å². The van der Waals surface area contributed by atoms with Crippen molar-refractivity contribution in [2.24, 2.45) is 5.84 Å². The number of rotatable bonds is 4. The van der Waals surface area contributed by atoms with Gasteiger partial charge < -0.3 is 5.32 Å². The Balaban J connectivity index is 1.95. The van der Waals surface area contributed by atoms with Crippen molar-refractivity contribution in [3.63, 3.8) is 0 Å². The number of nitrogen functional groups attached to an aromatic ring is 1. The summed E-state index contributed by atoms with van der Waals surface area (Å²) in [5.41, 5.74) is 4.17. The van der Waals surface area contributed by atoms with Crippen molar-refractivity contribution in [1.29, 1.82) is 0 Å². The number of fused-ring (bicyclic) bond motifs is 1. The molecule has 0 amide bonds. The van der Waals surface area contributed by atoms with Crippen LogP contribution in [-0.4, -0.2) is 25.1 Å². The number of hydrogen-bond donors (Lipinski definition) is 4. The van der Waals surface area contributed by atoms with Crippen LogP contribution >= 0.6 is 0 Å². The highest BCUT2D eigenvalue weighted by molar-refractivity contribution is 5.87. The third-order valence-electron chi connectivity index (χ3n) is 3.00. The van der Waals surface area contributed by atoms with Crippen molar-refractivity contribution in [3.05, 3.63) is 36.3 Å². The number of nitrogens with one attached hydrogen (secondary N) is 3. The lowest BCUT2D eigenvalue weighted by atomic mass is 10.1. The Hall–Kier alpha value is -2.74. The van der Waals surface area contributed by atoms with E-state index in [1.165, 1.54) is 0 Å². The van der Waals surface area contributed by atoms with Crippen LogP contribution in [0.15, 0.2) is 30.7 Å². The SMILES string of the molecule is CC(Nc1nc(NN)nc2[nH]ncc12)c1ccncc1. The van der Waals surface area contributed by atoms with E-state index in [0.29, 0.717) is 17.4 Å². The summed E-state index contributed by atoms with van der Waals surface area (Å²) in [6.07, 6.45) is 5.19. The molecule has 0 saturated heterocycles. The molecule has 3 aromatic heterocycles. The van der Waals surface area contributed by atoms with E-state index in [4.69, 9.17) is 5.84 Å². The van der Waals surface area contributed by atoms with Gasteiger partial charge >= 0.3 is 0 Å². The molecule has 0 radical (unpaired) electrons. The van der Waals surface area contributed by atoms with Crippen molar-refractivity contribution >= 4 is 22.8 Å². The molecule has 8 nitrogen and oxygen atoms in total. The number of aromatic nitrogens is 5. The predicted octanol–water partition coefficient (Wildman–Crippen LogP) is 1.21. The quantitative estimate of drug-likeness (QED) is 0.415. The van der Waals surface area contributed by atoms with Gasteiger partial charge in [-0.25, -0.2) is 5.84 Å². The zero-order chi connectivity index (χ0) is 13.9. The van der Waals surface area contributed by atoms with Crippen molar-refractivity contribution < 1.29 is 0 Å². The fourth-order valence-corrected chi connectivity index (χ4v) is 1.95. The van der Waals surface area contributed by atoms with Crippen LogP contribution in [0.1, 0.15) is 18.5 Å². The number of H-pyrrole nitrogens is 1. The molecule has 3 aromatic rings. The van der Waals surface area contributed by atoms with Crippen LogP contribution in [0.2, 0.25) is 0 Å². The van der Waals surface area contributed by atoms with Gasteiger partial charge in [0.2, 0.25) is 5.95 Å². The molecule has 8 heteroatoms. The highest BCUT2D eigenvalue weighted by atomic mass is 15.3. The van der Waals surface area contributed by atoms with Gasteiger partial charge in [0.05, 0.1) is 17.6 Å². The van der Waals surface area contributed by atoms with E-state index in [0.717, 1.165) is 10.9 Å². The summed E-state index contributed by atoms with van der Waals surface area (Å²) in [6, 6.07) is 3.97. The monoisotopic (exact) mass is 270 g/mol. The van der Waals surface area contributed by atoms with E-state index in [2.05, 4.69) is 35.9 Å². The first-order valence-corrected chi connectivity index (χ1v) is 6.12. The summed E-state index contributed by atoms with van der Waals surface area (Å²) < 4.78 is 0. The summed E-state index contributed by atoms with van der Waals surface area (Å²) in [6.45, 7) is 2.04. The Bertz CT molecular complexity index is 708. The summed E-state index contributed by atoms with van der Waals surface area (Å²) in [7, 11) is 0. The van der Waals surface area contributed by atoms with E-state index in [9.17, 15) is 0 Å². The first-order chi connectivity index (χ1) is 9.78. The molecule has 3 rings (SSSR count). The Labute approximate surface area is 114 Å². The number of pyridine rings is 1.